The molecule has 1 aliphatic rings. The van der Waals surface area contributed by atoms with Gasteiger partial charge in [-0.15, -0.1) is 0 Å². The molecule has 2 amide bonds. The SMILES string of the molecule is COC1CC(NC(=O)NC(CC(=O)O)C(=O)O)C1(C)C. The summed E-state index contributed by atoms with van der Waals surface area (Å²) in [5.41, 5.74) is -0.252. The normalized spacial score (nSPS) is 25.1. The Kier molecular flexibility index (Phi) is 4.93. The van der Waals surface area contributed by atoms with E-state index in [0.717, 1.165) is 0 Å². The van der Waals surface area contributed by atoms with Crippen molar-refractivity contribution in [2.24, 2.45) is 5.41 Å². The predicted molar refractivity (Wildman–Crippen MR) is 68.3 cm³/mol. The van der Waals surface area contributed by atoms with Crippen molar-refractivity contribution in [1.82, 2.24) is 10.6 Å². The summed E-state index contributed by atoms with van der Waals surface area (Å²) in [5, 5.41) is 22.2. The second-order valence-electron chi connectivity index (χ2n) is 5.44. The summed E-state index contributed by atoms with van der Waals surface area (Å²) in [6, 6.07) is -2.29. The molecule has 0 aromatic carbocycles. The van der Waals surface area contributed by atoms with Gasteiger partial charge in [0.15, 0.2) is 0 Å². The molecule has 4 N–H and O–H groups in total. The number of carbonyl (C=O) groups is 3. The monoisotopic (exact) mass is 288 g/mol. The molecule has 8 heteroatoms. The fourth-order valence-corrected chi connectivity index (χ4v) is 2.26. The maximum absolute atomic E-state index is 11.7. The van der Waals surface area contributed by atoms with Crippen molar-refractivity contribution in [1.29, 1.82) is 0 Å². The predicted octanol–water partition coefficient (Wildman–Crippen LogP) is 0.0270. The van der Waals surface area contributed by atoms with E-state index in [2.05, 4.69) is 10.6 Å². The van der Waals surface area contributed by atoms with E-state index in [9.17, 15) is 14.4 Å². The summed E-state index contributed by atoms with van der Waals surface area (Å²) in [7, 11) is 1.59. The Hall–Kier alpha value is -1.83. The zero-order chi connectivity index (χ0) is 15.5. The highest BCUT2D eigenvalue weighted by molar-refractivity contribution is 5.86. The van der Waals surface area contributed by atoms with Gasteiger partial charge in [0.1, 0.15) is 6.04 Å². The average molecular weight is 288 g/mol. The van der Waals surface area contributed by atoms with E-state index in [1.165, 1.54) is 0 Å². The van der Waals surface area contributed by atoms with Crippen LogP contribution in [0.5, 0.6) is 0 Å². The summed E-state index contributed by atoms with van der Waals surface area (Å²) >= 11 is 0. The van der Waals surface area contributed by atoms with Gasteiger partial charge in [0.2, 0.25) is 0 Å². The second kappa shape index (κ2) is 6.08. The molecule has 20 heavy (non-hydrogen) atoms. The molecule has 0 saturated heterocycles. The summed E-state index contributed by atoms with van der Waals surface area (Å²) in [5.74, 6) is -2.67. The Morgan fingerprint density at radius 3 is 2.35 bits per heavy atom. The molecule has 1 rings (SSSR count). The first-order valence-electron chi connectivity index (χ1n) is 6.23. The van der Waals surface area contributed by atoms with Crippen LogP contribution in [0.4, 0.5) is 4.79 Å². The summed E-state index contributed by atoms with van der Waals surface area (Å²) in [6.07, 6.45) is -0.00690. The van der Waals surface area contributed by atoms with Gasteiger partial charge in [0.05, 0.1) is 12.5 Å². The molecule has 0 radical (unpaired) electrons. The van der Waals surface area contributed by atoms with Gasteiger partial charge in [-0.2, -0.15) is 0 Å². The van der Waals surface area contributed by atoms with Crippen LogP contribution < -0.4 is 10.6 Å². The van der Waals surface area contributed by atoms with Crippen LogP contribution in [-0.2, 0) is 14.3 Å². The minimum atomic E-state index is -1.45. The molecule has 0 spiro atoms. The molecule has 1 saturated carbocycles. The Bertz CT molecular complexity index is 409. The van der Waals surface area contributed by atoms with Crippen molar-refractivity contribution in [2.45, 2.75) is 44.9 Å². The van der Waals surface area contributed by atoms with E-state index in [1.807, 2.05) is 13.8 Å². The summed E-state index contributed by atoms with van der Waals surface area (Å²) in [4.78, 5) is 33.1. The molecule has 0 aromatic heterocycles. The quantitative estimate of drug-likeness (QED) is 0.546. The molecular formula is C12H20N2O6. The van der Waals surface area contributed by atoms with Crippen molar-refractivity contribution in [3.8, 4) is 0 Å². The van der Waals surface area contributed by atoms with Crippen molar-refractivity contribution >= 4 is 18.0 Å². The number of ether oxygens (including phenoxy) is 1. The largest absolute Gasteiger partial charge is 0.481 e. The third-order valence-corrected chi connectivity index (χ3v) is 3.75. The molecule has 0 aromatic rings. The Labute approximate surface area is 116 Å². The van der Waals surface area contributed by atoms with Crippen LogP contribution in [0.15, 0.2) is 0 Å². The number of rotatable bonds is 6. The van der Waals surface area contributed by atoms with Gasteiger partial charge >= 0.3 is 18.0 Å². The molecule has 8 nitrogen and oxygen atoms in total. The Balaban J connectivity index is 2.51. The molecule has 0 heterocycles. The van der Waals surface area contributed by atoms with E-state index >= 15 is 0 Å². The number of nitrogens with one attached hydrogen (secondary N) is 2. The molecule has 0 bridgehead atoms. The number of hydrogen-bond donors (Lipinski definition) is 4. The van der Waals surface area contributed by atoms with E-state index in [-0.39, 0.29) is 17.6 Å². The smallest absolute Gasteiger partial charge is 0.326 e. The molecule has 114 valence electrons. The van der Waals surface area contributed by atoms with Crippen molar-refractivity contribution < 1.29 is 29.3 Å². The topological polar surface area (TPSA) is 125 Å². The lowest BCUT2D eigenvalue weighted by molar-refractivity contribution is -0.145. The van der Waals surface area contributed by atoms with Crippen LogP contribution in [0.2, 0.25) is 0 Å². The molecule has 1 fully saturated rings. The van der Waals surface area contributed by atoms with E-state index < -0.39 is 30.4 Å². The van der Waals surface area contributed by atoms with E-state index in [1.54, 1.807) is 7.11 Å². The summed E-state index contributed by atoms with van der Waals surface area (Å²) < 4.78 is 5.24. The first-order valence-corrected chi connectivity index (χ1v) is 6.23. The van der Waals surface area contributed by atoms with Gasteiger partial charge in [-0.3, -0.25) is 4.79 Å². The van der Waals surface area contributed by atoms with Crippen LogP contribution in [0.25, 0.3) is 0 Å². The first-order chi connectivity index (χ1) is 9.18. The molecule has 0 aliphatic heterocycles. The van der Waals surface area contributed by atoms with Crippen molar-refractivity contribution in [3.63, 3.8) is 0 Å². The van der Waals surface area contributed by atoms with E-state index in [4.69, 9.17) is 14.9 Å². The van der Waals surface area contributed by atoms with E-state index in [0.29, 0.717) is 6.42 Å². The molecule has 1 aliphatic carbocycles. The molecule has 3 unspecified atom stereocenters. The van der Waals surface area contributed by atoms with Crippen LogP contribution in [-0.4, -0.2) is 53.5 Å². The minimum Gasteiger partial charge on any atom is -0.481 e. The standard InChI is InChI=1S/C12H20N2O6/c1-12(2)7(5-8(12)20-3)14-11(19)13-6(10(17)18)4-9(15)16/h6-8H,4-5H2,1-3H3,(H,15,16)(H,17,18)(H2,13,14,19). The van der Waals surface area contributed by atoms with Crippen molar-refractivity contribution in [3.05, 3.63) is 0 Å². The van der Waals surface area contributed by atoms with Gasteiger partial charge < -0.3 is 25.6 Å². The highest BCUT2D eigenvalue weighted by atomic mass is 16.5. The zero-order valence-electron chi connectivity index (χ0n) is 11.7. The highest BCUT2D eigenvalue weighted by Crippen LogP contribution is 2.42. The third kappa shape index (κ3) is 3.60. The summed E-state index contributed by atoms with van der Waals surface area (Å²) in [6.45, 7) is 3.86. The Morgan fingerprint density at radius 2 is 1.95 bits per heavy atom. The van der Waals surface area contributed by atoms with Crippen LogP contribution in [0.1, 0.15) is 26.7 Å². The first kappa shape index (κ1) is 16.2. The number of carboxylic acid groups (broad SMARTS) is 2. The minimum absolute atomic E-state index is 0.0297. The maximum atomic E-state index is 11.7. The second-order valence-corrected chi connectivity index (χ2v) is 5.44. The van der Waals surface area contributed by atoms with Gasteiger partial charge in [-0.25, -0.2) is 9.59 Å². The lowest BCUT2D eigenvalue weighted by Gasteiger charge is -2.51. The van der Waals surface area contributed by atoms with Crippen LogP contribution in [0.3, 0.4) is 0 Å². The fraction of sp³-hybridized carbons (Fsp3) is 0.750. The maximum Gasteiger partial charge on any atom is 0.326 e. The number of urea groups is 1. The fourth-order valence-electron chi connectivity index (χ4n) is 2.26. The Morgan fingerprint density at radius 1 is 1.35 bits per heavy atom. The lowest BCUT2D eigenvalue weighted by Crippen LogP contribution is -2.63. The highest BCUT2D eigenvalue weighted by Gasteiger charge is 2.49. The van der Waals surface area contributed by atoms with Crippen molar-refractivity contribution in [2.75, 3.05) is 7.11 Å². The molecular weight excluding hydrogens is 268 g/mol. The van der Waals surface area contributed by atoms with Crippen LogP contribution in [0, 0.1) is 5.41 Å². The number of carboxylic acids is 2. The number of hydrogen-bond acceptors (Lipinski definition) is 4. The number of methoxy groups -OCH3 is 1. The number of carbonyl (C=O) groups excluding carboxylic acids is 1. The van der Waals surface area contributed by atoms with Gasteiger partial charge in [0.25, 0.3) is 0 Å². The van der Waals surface area contributed by atoms with Gasteiger partial charge in [-0.05, 0) is 6.42 Å². The van der Waals surface area contributed by atoms with Gasteiger partial charge in [0, 0.05) is 18.6 Å². The number of amides is 2. The average Bonchev–Trinajstić information content (AvgIpc) is 2.32. The molecule has 3 atom stereocenters. The van der Waals surface area contributed by atoms with Gasteiger partial charge in [-0.1, -0.05) is 13.8 Å². The number of aliphatic carboxylic acids is 2. The lowest BCUT2D eigenvalue weighted by atomic mass is 9.64. The zero-order valence-corrected chi connectivity index (χ0v) is 11.7. The van der Waals surface area contributed by atoms with Crippen LogP contribution >= 0.6 is 0 Å². The third-order valence-electron chi connectivity index (χ3n) is 3.75.